The Morgan fingerprint density at radius 2 is 1.76 bits per heavy atom. The second-order valence-electron chi connectivity index (χ2n) is 7.89. The molecule has 0 radical (unpaired) electrons. The minimum atomic E-state index is -5.71. The second kappa shape index (κ2) is 11.1. The van der Waals surface area contributed by atoms with Crippen molar-refractivity contribution in [2.75, 3.05) is 10.0 Å². The molecule has 3 aromatic rings. The van der Waals surface area contributed by atoms with E-state index in [-0.39, 0.29) is 23.5 Å². The number of aromatic nitrogens is 2. The fourth-order valence-electron chi connectivity index (χ4n) is 3.43. The summed E-state index contributed by atoms with van der Waals surface area (Å²) < 4.78 is 64.3. The van der Waals surface area contributed by atoms with E-state index in [9.17, 15) is 36.9 Å². The molecule has 0 fully saturated rings. The van der Waals surface area contributed by atoms with Crippen LogP contribution in [0.1, 0.15) is 52.9 Å². The number of alkyl halides is 3. The fourth-order valence-corrected chi connectivity index (χ4v) is 4.02. The van der Waals surface area contributed by atoms with Gasteiger partial charge in [0.15, 0.2) is 11.4 Å². The van der Waals surface area contributed by atoms with Crippen molar-refractivity contribution in [3.05, 3.63) is 76.9 Å². The van der Waals surface area contributed by atoms with Gasteiger partial charge < -0.3 is 9.88 Å². The molecule has 0 aliphatic carbocycles. The van der Waals surface area contributed by atoms with Gasteiger partial charge in [0.2, 0.25) is 0 Å². The molecule has 13 heteroatoms. The van der Waals surface area contributed by atoms with E-state index in [0.717, 1.165) is 24.5 Å². The largest absolute Gasteiger partial charge is 0.516 e. The van der Waals surface area contributed by atoms with Crippen LogP contribution < -0.4 is 10.0 Å². The number of para-hydroxylation sites is 1. The molecular formula is C24H21F3N6O3S. The number of rotatable bonds is 9. The fraction of sp³-hybridized carbons (Fsp3) is 0.250. The monoisotopic (exact) mass is 530 g/mol. The van der Waals surface area contributed by atoms with Gasteiger partial charge in [-0.05, 0) is 36.2 Å². The number of benzene rings is 2. The topological polar surface area (TPSA) is 141 Å². The minimum Gasteiger partial charge on any atom is -0.322 e. The first-order valence-corrected chi connectivity index (χ1v) is 12.5. The number of carbonyl (C=O) groups is 1. The van der Waals surface area contributed by atoms with Crippen LogP contribution in [-0.4, -0.2) is 29.4 Å². The van der Waals surface area contributed by atoms with Gasteiger partial charge in [0.1, 0.15) is 18.0 Å². The summed E-state index contributed by atoms with van der Waals surface area (Å²) >= 11 is 0. The lowest BCUT2D eigenvalue weighted by Crippen LogP contribution is -2.30. The van der Waals surface area contributed by atoms with E-state index in [1.807, 2.05) is 19.1 Å². The summed E-state index contributed by atoms with van der Waals surface area (Å²) in [4.78, 5) is 17.0. The Kier molecular flexibility index (Phi) is 8.20. The number of hydrogen-bond acceptors (Lipinski definition) is 6. The highest BCUT2D eigenvalue weighted by Crippen LogP contribution is 2.27. The van der Waals surface area contributed by atoms with Crippen LogP contribution in [0.5, 0.6) is 0 Å². The van der Waals surface area contributed by atoms with Gasteiger partial charge in [-0.25, -0.2) is 4.98 Å². The maximum Gasteiger partial charge on any atom is 0.516 e. The summed E-state index contributed by atoms with van der Waals surface area (Å²) in [5.41, 5.74) is -5.12. The number of hydrogen-bond donors (Lipinski definition) is 2. The molecule has 3 rings (SSSR count). The molecule has 2 N–H and O–H groups in total. The number of aryl methyl sites for hydroxylation is 1. The zero-order valence-corrected chi connectivity index (χ0v) is 20.3. The summed E-state index contributed by atoms with van der Waals surface area (Å²) in [7, 11) is -5.71. The molecule has 1 aromatic heterocycles. The zero-order chi connectivity index (χ0) is 27.2. The minimum absolute atomic E-state index is 0.0531. The van der Waals surface area contributed by atoms with Crippen LogP contribution in [0.2, 0.25) is 0 Å². The van der Waals surface area contributed by atoms with Crippen LogP contribution >= 0.6 is 0 Å². The van der Waals surface area contributed by atoms with Crippen molar-refractivity contribution in [1.29, 1.82) is 10.5 Å². The lowest BCUT2D eigenvalue weighted by atomic mass is 10.1. The molecule has 0 saturated carbocycles. The Labute approximate surface area is 211 Å². The van der Waals surface area contributed by atoms with Crippen LogP contribution in [-0.2, 0) is 23.0 Å². The van der Waals surface area contributed by atoms with Gasteiger partial charge in [-0.15, -0.1) is 0 Å². The smallest absolute Gasteiger partial charge is 0.322 e. The molecule has 0 aliphatic heterocycles. The molecular weight excluding hydrogens is 509 g/mol. The third-order valence-corrected chi connectivity index (χ3v) is 6.38. The predicted molar refractivity (Wildman–Crippen MR) is 129 cm³/mol. The van der Waals surface area contributed by atoms with Gasteiger partial charge in [0, 0.05) is 12.1 Å². The summed E-state index contributed by atoms with van der Waals surface area (Å²) in [6.45, 7) is 2.27. The lowest BCUT2D eigenvalue weighted by Gasteiger charge is -2.14. The number of amides is 1. The summed E-state index contributed by atoms with van der Waals surface area (Å²) in [6.07, 6.45) is 2.34. The number of anilines is 2. The number of nitriles is 2. The third kappa shape index (κ3) is 6.26. The number of sulfonamides is 1. The van der Waals surface area contributed by atoms with Crippen LogP contribution in [0.4, 0.5) is 24.5 Å². The highest BCUT2D eigenvalue weighted by atomic mass is 32.2. The third-order valence-electron chi connectivity index (χ3n) is 5.29. The van der Waals surface area contributed by atoms with E-state index in [1.54, 1.807) is 28.8 Å². The molecule has 0 bridgehead atoms. The molecule has 37 heavy (non-hydrogen) atoms. The highest BCUT2D eigenvalue weighted by molar-refractivity contribution is 7.93. The van der Waals surface area contributed by atoms with E-state index >= 15 is 0 Å². The van der Waals surface area contributed by atoms with Gasteiger partial charge in [-0.2, -0.15) is 32.1 Å². The lowest BCUT2D eigenvalue weighted by molar-refractivity contribution is -0.0429. The van der Waals surface area contributed by atoms with E-state index in [0.29, 0.717) is 17.9 Å². The summed E-state index contributed by atoms with van der Waals surface area (Å²) in [5.74, 6) is -0.208. The van der Waals surface area contributed by atoms with Crippen LogP contribution in [0, 0.1) is 22.7 Å². The Bertz CT molecular complexity index is 1480. The zero-order valence-electron chi connectivity index (χ0n) is 19.5. The maximum absolute atomic E-state index is 12.8. The highest BCUT2D eigenvalue weighted by Gasteiger charge is 2.46. The van der Waals surface area contributed by atoms with E-state index in [2.05, 4.69) is 10.3 Å². The first-order valence-electron chi connectivity index (χ1n) is 11.0. The molecule has 192 valence electrons. The molecule has 1 amide bonds. The van der Waals surface area contributed by atoms with Gasteiger partial charge in [0.05, 0.1) is 17.8 Å². The van der Waals surface area contributed by atoms with Crippen molar-refractivity contribution in [3.63, 3.8) is 0 Å². The van der Waals surface area contributed by atoms with Crippen molar-refractivity contribution in [3.8, 4) is 12.1 Å². The Morgan fingerprint density at radius 1 is 1.08 bits per heavy atom. The maximum atomic E-state index is 12.8. The van der Waals surface area contributed by atoms with Crippen molar-refractivity contribution >= 4 is 27.3 Å². The van der Waals surface area contributed by atoms with E-state index in [4.69, 9.17) is 0 Å². The number of nitrogens with one attached hydrogen (secondary N) is 2. The average molecular weight is 531 g/mol. The number of nitrogens with zero attached hydrogens (tertiary/aromatic N) is 4. The molecule has 2 aromatic carbocycles. The van der Waals surface area contributed by atoms with E-state index < -0.39 is 27.1 Å². The first-order chi connectivity index (χ1) is 17.5. The van der Waals surface area contributed by atoms with Crippen molar-refractivity contribution in [2.45, 2.75) is 38.2 Å². The van der Waals surface area contributed by atoms with Crippen LogP contribution in [0.3, 0.4) is 0 Å². The van der Waals surface area contributed by atoms with Gasteiger partial charge in [0.25, 0.3) is 5.91 Å². The van der Waals surface area contributed by atoms with Gasteiger partial charge in [-0.1, -0.05) is 37.6 Å². The Balaban J connectivity index is 1.79. The summed E-state index contributed by atoms with van der Waals surface area (Å²) in [5, 5.41) is 21.3. The van der Waals surface area contributed by atoms with Gasteiger partial charge >= 0.3 is 15.5 Å². The normalized spacial score (nSPS) is 11.4. The summed E-state index contributed by atoms with van der Waals surface area (Å²) in [6, 6.07) is 15.3. The Morgan fingerprint density at radius 3 is 2.35 bits per heavy atom. The standard InChI is InChI=1S/C24H21F3N6O3S/c1-2-3-8-22-31-20(13-28)21(14-29)33(22)15-16-9-11-17(12-10-16)30-23(34)18-6-4-5-7-19(18)32-37(35,36)24(25,26)27/h4-7,9-12,32H,2-3,8,15H2,1H3,(H,30,34). The van der Waals surface area contributed by atoms with Crippen molar-refractivity contribution in [1.82, 2.24) is 9.55 Å². The quantitative estimate of drug-likeness (QED) is 0.416. The number of unbranched alkanes of at least 4 members (excludes halogenated alkanes) is 1. The molecule has 0 saturated heterocycles. The number of carbonyl (C=O) groups excluding carboxylic acids is 1. The van der Waals surface area contributed by atoms with Crippen LogP contribution in [0.15, 0.2) is 48.5 Å². The Hall–Kier alpha value is -4.36. The molecule has 1 heterocycles. The second-order valence-corrected chi connectivity index (χ2v) is 9.56. The molecule has 0 aliphatic rings. The molecule has 0 unspecified atom stereocenters. The van der Waals surface area contributed by atoms with E-state index in [1.165, 1.54) is 22.9 Å². The SMILES string of the molecule is CCCCc1nc(C#N)c(C#N)n1Cc1ccc(NC(=O)c2ccccc2NS(=O)(=O)C(F)(F)F)cc1. The van der Waals surface area contributed by atoms with Gasteiger partial charge in [-0.3, -0.25) is 9.52 Å². The first kappa shape index (κ1) is 27.2. The molecule has 0 spiro atoms. The number of imidazole rings is 1. The predicted octanol–water partition coefficient (Wildman–Crippen LogP) is 4.53. The van der Waals surface area contributed by atoms with Crippen LogP contribution in [0.25, 0.3) is 0 Å². The molecule has 0 atom stereocenters. The van der Waals surface area contributed by atoms with Crippen molar-refractivity contribution < 1.29 is 26.4 Å². The number of halogens is 3. The van der Waals surface area contributed by atoms with Crippen molar-refractivity contribution in [2.24, 2.45) is 0 Å². The average Bonchev–Trinajstić information content (AvgIpc) is 3.19. The molecule has 9 nitrogen and oxygen atoms in total.